The molecule has 0 atom stereocenters. The van der Waals surface area contributed by atoms with Crippen molar-refractivity contribution in [3.05, 3.63) is 48.0 Å². The fraction of sp³-hybridized carbons (Fsp3) is 0.520. The molecular formula is C25H32O4. The number of hydrogen-bond acceptors (Lipinski definition) is 4. The van der Waals surface area contributed by atoms with Gasteiger partial charge in [0, 0.05) is 5.56 Å². The predicted molar refractivity (Wildman–Crippen MR) is 115 cm³/mol. The van der Waals surface area contributed by atoms with Crippen LogP contribution < -0.4 is 9.47 Å². The molecule has 2 aromatic rings. The van der Waals surface area contributed by atoms with Crippen LogP contribution in [0.1, 0.15) is 32.3 Å². The summed E-state index contributed by atoms with van der Waals surface area (Å²) in [5.41, 5.74) is 3.75. The number of rotatable bonds is 9. The van der Waals surface area contributed by atoms with Crippen molar-refractivity contribution >= 4 is 0 Å². The molecule has 2 aliphatic heterocycles. The van der Waals surface area contributed by atoms with Crippen molar-refractivity contribution < 1.29 is 18.9 Å². The minimum absolute atomic E-state index is 0.124. The maximum absolute atomic E-state index is 6.44. The first kappa shape index (κ1) is 20.2. The molecule has 0 spiro atoms. The van der Waals surface area contributed by atoms with Crippen molar-refractivity contribution in [2.45, 2.75) is 33.6 Å². The van der Waals surface area contributed by atoms with Gasteiger partial charge in [0.1, 0.15) is 0 Å². The Morgan fingerprint density at radius 1 is 0.793 bits per heavy atom. The molecule has 2 saturated heterocycles. The summed E-state index contributed by atoms with van der Waals surface area (Å²) in [5, 5.41) is 0. The summed E-state index contributed by atoms with van der Waals surface area (Å²) in [7, 11) is 0. The molecule has 0 bridgehead atoms. The third-order valence-corrected chi connectivity index (χ3v) is 6.64. The van der Waals surface area contributed by atoms with Gasteiger partial charge < -0.3 is 18.9 Å². The highest BCUT2D eigenvalue weighted by atomic mass is 16.5. The molecule has 4 nitrogen and oxygen atoms in total. The fourth-order valence-corrected chi connectivity index (χ4v) is 3.91. The van der Waals surface area contributed by atoms with Crippen molar-refractivity contribution in [3.63, 3.8) is 0 Å². The summed E-state index contributed by atoms with van der Waals surface area (Å²) >= 11 is 0. The van der Waals surface area contributed by atoms with Crippen LogP contribution in [0.2, 0.25) is 0 Å². The molecule has 29 heavy (non-hydrogen) atoms. The van der Waals surface area contributed by atoms with Gasteiger partial charge in [-0.3, -0.25) is 0 Å². The van der Waals surface area contributed by atoms with Crippen molar-refractivity contribution in [3.8, 4) is 22.6 Å². The van der Waals surface area contributed by atoms with E-state index in [9.17, 15) is 0 Å². The summed E-state index contributed by atoms with van der Waals surface area (Å²) in [5.74, 6) is 1.69. The maximum atomic E-state index is 6.44. The van der Waals surface area contributed by atoms with E-state index in [4.69, 9.17) is 18.9 Å². The smallest absolute Gasteiger partial charge is 0.164 e. The Morgan fingerprint density at radius 2 is 1.38 bits per heavy atom. The van der Waals surface area contributed by atoms with E-state index >= 15 is 0 Å². The second kappa shape index (κ2) is 8.37. The maximum Gasteiger partial charge on any atom is 0.164 e. The average molecular weight is 397 g/mol. The topological polar surface area (TPSA) is 36.9 Å². The Hall–Kier alpha value is -2.04. The first-order valence-electron chi connectivity index (χ1n) is 10.7. The lowest BCUT2D eigenvalue weighted by atomic mass is 9.84. The third kappa shape index (κ3) is 4.01. The Bertz CT molecular complexity index is 811. The molecule has 0 saturated carbocycles. The van der Waals surface area contributed by atoms with Gasteiger partial charge in [-0.25, -0.2) is 0 Å². The lowest BCUT2D eigenvalue weighted by molar-refractivity contribution is -0.136. The summed E-state index contributed by atoms with van der Waals surface area (Å²) in [6, 6.07) is 14.7. The van der Waals surface area contributed by atoms with E-state index in [1.165, 1.54) is 11.1 Å². The van der Waals surface area contributed by atoms with E-state index < -0.39 is 0 Å². The predicted octanol–water partition coefficient (Wildman–Crippen LogP) is 5.27. The first-order chi connectivity index (χ1) is 14.1. The molecule has 0 radical (unpaired) electrons. The third-order valence-electron chi connectivity index (χ3n) is 6.64. The van der Waals surface area contributed by atoms with Crippen molar-refractivity contribution in [2.75, 3.05) is 39.6 Å². The lowest BCUT2D eigenvalue weighted by Gasteiger charge is -2.41. The SMILES string of the molecule is CCC1(COc2ccc(-c3ccccc3)c(C)c2OCC2(CC)COC2)COC1. The Balaban J connectivity index is 1.61. The van der Waals surface area contributed by atoms with Gasteiger partial charge in [0.25, 0.3) is 0 Å². The minimum atomic E-state index is 0.124. The number of hydrogen-bond donors (Lipinski definition) is 0. The summed E-state index contributed by atoms with van der Waals surface area (Å²) < 4.78 is 23.7. The Labute approximate surface area is 174 Å². The summed E-state index contributed by atoms with van der Waals surface area (Å²) in [4.78, 5) is 0. The van der Waals surface area contributed by atoms with Crippen molar-refractivity contribution in [1.82, 2.24) is 0 Å². The second-order valence-corrected chi connectivity index (χ2v) is 8.70. The molecule has 2 heterocycles. The zero-order valence-electron chi connectivity index (χ0n) is 17.8. The molecule has 2 aliphatic rings. The van der Waals surface area contributed by atoms with E-state index in [2.05, 4.69) is 57.2 Å². The number of benzene rings is 2. The van der Waals surface area contributed by atoms with Gasteiger partial charge >= 0.3 is 0 Å². The van der Waals surface area contributed by atoms with Crippen LogP contribution >= 0.6 is 0 Å². The van der Waals surface area contributed by atoms with Gasteiger partial charge in [-0.15, -0.1) is 0 Å². The van der Waals surface area contributed by atoms with Crippen molar-refractivity contribution in [1.29, 1.82) is 0 Å². The molecule has 2 aromatic carbocycles. The molecule has 0 aliphatic carbocycles. The summed E-state index contributed by atoms with van der Waals surface area (Å²) in [6.45, 7) is 10.9. The van der Waals surface area contributed by atoms with E-state index in [-0.39, 0.29) is 10.8 Å². The van der Waals surface area contributed by atoms with E-state index in [0.29, 0.717) is 13.2 Å². The van der Waals surface area contributed by atoms with Gasteiger partial charge in [0.15, 0.2) is 11.5 Å². The molecule has 0 unspecified atom stereocenters. The van der Waals surface area contributed by atoms with Crippen LogP contribution in [0.4, 0.5) is 0 Å². The van der Waals surface area contributed by atoms with E-state index in [1.54, 1.807) is 0 Å². The van der Waals surface area contributed by atoms with Crippen LogP contribution in [-0.2, 0) is 9.47 Å². The second-order valence-electron chi connectivity index (χ2n) is 8.70. The van der Waals surface area contributed by atoms with E-state index in [0.717, 1.165) is 56.3 Å². The minimum Gasteiger partial charge on any atom is -0.489 e. The van der Waals surface area contributed by atoms with Crippen LogP contribution in [0, 0.1) is 17.8 Å². The standard InChI is InChI=1S/C25H32O4/c1-4-24(13-26-14-24)17-28-22-12-11-21(20-9-7-6-8-10-20)19(3)23(22)29-18-25(5-2)15-27-16-25/h6-12H,4-5,13-18H2,1-3H3. The van der Waals surface area contributed by atoms with Crippen LogP contribution in [0.5, 0.6) is 11.5 Å². The Kier molecular flexibility index (Phi) is 5.84. The normalized spacial score (nSPS) is 19.1. The van der Waals surface area contributed by atoms with Crippen LogP contribution in [-0.4, -0.2) is 39.6 Å². The van der Waals surface area contributed by atoms with Crippen LogP contribution in [0.3, 0.4) is 0 Å². The van der Waals surface area contributed by atoms with Gasteiger partial charge in [0.2, 0.25) is 0 Å². The zero-order chi connectivity index (χ0) is 20.3. The molecule has 0 aromatic heterocycles. The van der Waals surface area contributed by atoms with Crippen LogP contribution in [0.25, 0.3) is 11.1 Å². The van der Waals surface area contributed by atoms with E-state index in [1.807, 2.05) is 6.07 Å². The number of ether oxygens (including phenoxy) is 4. The highest BCUT2D eigenvalue weighted by Gasteiger charge is 2.39. The quantitative estimate of drug-likeness (QED) is 0.578. The van der Waals surface area contributed by atoms with Gasteiger partial charge in [0.05, 0.1) is 50.5 Å². The molecule has 0 amide bonds. The average Bonchev–Trinajstić information content (AvgIpc) is 2.69. The molecule has 4 heteroatoms. The van der Waals surface area contributed by atoms with Gasteiger partial charge in [-0.05, 0) is 37.0 Å². The Morgan fingerprint density at radius 3 is 1.90 bits per heavy atom. The highest BCUT2D eigenvalue weighted by Crippen LogP contribution is 2.41. The van der Waals surface area contributed by atoms with Gasteiger partial charge in [-0.2, -0.15) is 0 Å². The molecule has 156 valence electrons. The zero-order valence-corrected chi connectivity index (χ0v) is 17.8. The largest absolute Gasteiger partial charge is 0.489 e. The molecule has 0 N–H and O–H groups in total. The summed E-state index contributed by atoms with van der Waals surface area (Å²) in [6.07, 6.45) is 2.11. The van der Waals surface area contributed by atoms with Crippen molar-refractivity contribution in [2.24, 2.45) is 10.8 Å². The molecule has 2 fully saturated rings. The fourth-order valence-electron chi connectivity index (χ4n) is 3.91. The molecular weight excluding hydrogens is 364 g/mol. The monoisotopic (exact) mass is 396 g/mol. The highest BCUT2D eigenvalue weighted by molar-refractivity contribution is 5.72. The molecule has 4 rings (SSSR count). The lowest BCUT2D eigenvalue weighted by Crippen LogP contribution is -2.47. The van der Waals surface area contributed by atoms with Gasteiger partial charge in [-0.1, -0.05) is 50.2 Å². The first-order valence-corrected chi connectivity index (χ1v) is 10.7. The van der Waals surface area contributed by atoms with Crippen LogP contribution in [0.15, 0.2) is 42.5 Å².